The number of halogens is 2. The third kappa shape index (κ3) is 3.69. The molecule has 1 aliphatic rings. The maximum absolute atomic E-state index is 13.8. The zero-order valence-corrected chi connectivity index (χ0v) is 13.7. The summed E-state index contributed by atoms with van der Waals surface area (Å²) in [5.74, 6) is -6.57. The van der Waals surface area contributed by atoms with Crippen molar-refractivity contribution in [2.24, 2.45) is 11.8 Å². The molecule has 0 aromatic heterocycles. The van der Waals surface area contributed by atoms with Gasteiger partial charge < -0.3 is 5.11 Å². The van der Waals surface area contributed by atoms with Crippen LogP contribution in [0, 0.1) is 11.8 Å². The summed E-state index contributed by atoms with van der Waals surface area (Å²) in [7, 11) is -3.79. The number of hydrogen-bond acceptors (Lipinski definition) is 3. The van der Waals surface area contributed by atoms with Crippen molar-refractivity contribution in [2.45, 2.75) is 25.5 Å². The number of nitrogens with zero attached hydrogens (tertiary/aromatic N) is 1. The highest BCUT2D eigenvalue weighted by Gasteiger charge is 2.49. The Bertz CT molecular complexity index is 691. The molecule has 0 amide bonds. The first-order valence-corrected chi connectivity index (χ1v) is 8.83. The minimum absolute atomic E-state index is 0.00962. The van der Waals surface area contributed by atoms with E-state index in [1.807, 2.05) is 0 Å². The Labute approximate surface area is 134 Å². The molecule has 0 radical (unpaired) electrons. The molecule has 1 aromatic carbocycles. The number of carbonyl (C=O) groups is 1. The molecule has 2 unspecified atom stereocenters. The van der Waals surface area contributed by atoms with E-state index in [9.17, 15) is 22.0 Å². The molecular weight excluding hydrogens is 328 g/mol. The first kappa shape index (κ1) is 17.8. The Hall–Kier alpha value is -1.54. The Kier molecular flexibility index (Phi) is 4.77. The molecule has 23 heavy (non-hydrogen) atoms. The summed E-state index contributed by atoms with van der Waals surface area (Å²) in [4.78, 5) is 10.9. The topological polar surface area (TPSA) is 74.7 Å². The van der Waals surface area contributed by atoms with Crippen LogP contribution in [0.4, 0.5) is 8.78 Å². The van der Waals surface area contributed by atoms with Gasteiger partial charge in [-0.3, -0.25) is 0 Å². The molecule has 2 atom stereocenters. The largest absolute Gasteiger partial charge is 0.478 e. The van der Waals surface area contributed by atoms with E-state index in [0.717, 1.165) is 4.31 Å². The highest BCUT2D eigenvalue weighted by molar-refractivity contribution is 7.88. The van der Waals surface area contributed by atoms with Crippen LogP contribution in [0.15, 0.2) is 24.3 Å². The second-order valence-electron chi connectivity index (χ2n) is 6.06. The SMILES string of the molecule is CC1CN(S(=O)(=O)Cc2cccc(C(=O)O)c2)CC(C)C1(F)F. The first-order valence-electron chi connectivity index (χ1n) is 7.22. The summed E-state index contributed by atoms with van der Waals surface area (Å²) in [5, 5.41) is 8.94. The van der Waals surface area contributed by atoms with Gasteiger partial charge in [0.25, 0.3) is 5.92 Å². The summed E-state index contributed by atoms with van der Waals surface area (Å²) in [6.45, 7) is 2.20. The van der Waals surface area contributed by atoms with E-state index in [1.165, 1.54) is 38.1 Å². The van der Waals surface area contributed by atoms with Crippen LogP contribution in [0.1, 0.15) is 29.8 Å². The number of benzene rings is 1. The van der Waals surface area contributed by atoms with Gasteiger partial charge in [0, 0.05) is 24.9 Å². The monoisotopic (exact) mass is 347 g/mol. The van der Waals surface area contributed by atoms with Gasteiger partial charge in [-0.05, 0) is 17.7 Å². The number of aromatic carboxylic acids is 1. The minimum Gasteiger partial charge on any atom is -0.478 e. The Morgan fingerprint density at radius 2 is 1.87 bits per heavy atom. The standard InChI is InChI=1S/C15H19F2NO4S/c1-10-7-18(8-11(2)15(10,16)17)23(21,22)9-12-4-3-5-13(6-12)14(19)20/h3-6,10-11H,7-9H2,1-2H3,(H,19,20). The molecule has 1 heterocycles. The van der Waals surface area contributed by atoms with Crippen LogP contribution in [0.2, 0.25) is 0 Å². The van der Waals surface area contributed by atoms with Gasteiger partial charge in [-0.1, -0.05) is 26.0 Å². The van der Waals surface area contributed by atoms with Gasteiger partial charge in [0.2, 0.25) is 10.0 Å². The summed E-state index contributed by atoms with van der Waals surface area (Å²) in [5.41, 5.74) is 0.312. The van der Waals surface area contributed by atoms with E-state index in [-0.39, 0.29) is 18.7 Å². The summed E-state index contributed by atoms with van der Waals surface area (Å²) < 4.78 is 53.7. The molecule has 0 aliphatic carbocycles. The van der Waals surface area contributed by atoms with Gasteiger partial charge in [0.15, 0.2) is 0 Å². The molecule has 1 saturated heterocycles. The van der Waals surface area contributed by atoms with Crippen LogP contribution in [0.3, 0.4) is 0 Å². The van der Waals surface area contributed by atoms with Gasteiger partial charge in [0.05, 0.1) is 11.3 Å². The molecule has 2 rings (SSSR count). The van der Waals surface area contributed by atoms with Crippen LogP contribution < -0.4 is 0 Å². The van der Waals surface area contributed by atoms with Crippen LogP contribution >= 0.6 is 0 Å². The number of carboxylic acids is 1. The Morgan fingerprint density at radius 1 is 1.30 bits per heavy atom. The van der Waals surface area contributed by atoms with Gasteiger partial charge in [-0.15, -0.1) is 0 Å². The van der Waals surface area contributed by atoms with Crippen molar-refractivity contribution in [3.05, 3.63) is 35.4 Å². The Morgan fingerprint density at radius 3 is 2.39 bits per heavy atom. The maximum Gasteiger partial charge on any atom is 0.335 e. The summed E-state index contributed by atoms with van der Waals surface area (Å²) in [6, 6.07) is 5.62. The Balaban J connectivity index is 2.20. The van der Waals surface area contributed by atoms with Crippen molar-refractivity contribution in [3.8, 4) is 0 Å². The van der Waals surface area contributed by atoms with Crippen LogP contribution in [-0.4, -0.2) is 42.8 Å². The maximum atomic E-state index is 13.8. The van der Waals surface area contributed by atoms with E-state index in [1.54, 1.807) is 0 Å². The lowest BCUT2D eigenvalue weighted by atomic mass is 9.88. The lowest BCUT2D eigenvalue weighted by Gasteiger charge is -2.40. The number of alkyl halides is 2. The smallest absolute Gasteiger partial charge is 0.335 e. The predicted octanol–water partition coefficient (Wildman–Crippen LogP) is 2.44. The molecule has 1 aromatic rings. The molecule has 0 spiro atoms. The zero-order chi connectivity index (χ0) is 17.4. The van der Waals surface area contributed by atoms with E-state index in [4.69, 9.17) is 5.11 Å². The summed E-state index contributed by atoms with van der Waals surface area (Å²) >= 11 is 0. The molecule has 1 N–H and O–H groups in total. The van der Waals surface area contributed by atoms with E-state index in [0.29, 0.717) is 5.56 Å². The van der Waals surface area contributed by atoms with Crippen LogP contribution in [0.5, 0.6) is 0 Å². The highest BCUT2D eigenvalue weighted by atomic mass is 32.2. The first-order chi connectivity index (χ1) is 10.5. The fraction of sp³-hybridized carbons (Fsp3) is 0.533. The fourth-order valence-electron chi connectivity index (χ4n) is 2.74. The van der Waals surface area contributed by atoms with Crippen molar-refractivity contribution in [1.29, 1.82) is 0 Å². The number of carboxylic acid groups (broad SMARTS) is 1. The molecule has 1 fully saturated rings. The van der Waals surface area contributed by atoms with Gasteiger partial charge >= 0.3 is 5.97 Å². The molecular formula is C15H19F2NO4S. The molecule has 128 valence electrons. The molecule has 0 saturated carbocycles. The van der Waals surface area contributed by atoms with Gasteiger partial charge in [-0.2, -0.15) is 0 Å². The normalized spacial score (nSPS) is 25.2. The number of sulfonamides is 1. The average Bonchev–Trinajstić information content (AvgIpc) is 2.44. The lowest BCUT2D eigenvalue weighted by molar-refractivity contribution is -0.126. The number of rotatable bonds is 4. The van der Waals surface area contributed by atoms with Crippen molar-refractivity contribution in [1.82, 2.24) is 4.31 Å². The average molecular weight is 347 g/mol. The molecule has 8 heteroatoms. The summed E-state index contributed by atoms with van der Waals surface area (Å²) in [6.07, 6.45) is 0. The van der Waals surface area contributed by atoms with E-state index < -0.39 is 39.5 Å². The third-order valence-electron chi connectivity index (χ3n) is 4.19. The second kappa shape index (κ2) is 6.16. The quantitative estimate of drug-likeness (QED) is 0.908. The fourth-order valence-corrected chi connectivity index (χ4v) is 4.42. The van der Waals surface area contributed by atoms with E-state index in [2.05, 4.69) is 0 Å². The number of piperidine rings is 1. The van der Waals surface area contributed by atoms with Crippen LogP contribution in [-0.2, 0) is 15.8 Å². The minimum atomic E-state index is -3.79. The lowest BCUT2D eigenvalue weighted by Crippen LogP contribution is -2.53. The number of hydrogen-bond donors (Lipinski definition) is 1. The van der Waals surface area contributed by atoms with Gasteiger partial charge in [-0.25, -0.2) is 26.3 Å². The van der Waals surface area contributed by atoms with Crippen molar-refractivity contribution >= 4 is 16.0 Å². The zero-order valence-electron chi connectivity index (χ0n) is 12.9. The predicted molar refractivity (Wildman–Crippen MR) is 80.9 cm³/mol. The molecule has 0 bridgehead atoms. The molecule has 5 nitrogen and oxygen atoms in total. The second-order valence-corrected chi connectivity index (χ2v) is 8.02. The highest BCUT2D eigenvalue weighted by Crippen LogP contribution is 2.38. The molecule has 1 aliphatic heterocycles. The van der Waals surface area contributed by atoms with Gasteiger partial charge in [0.1, 0.15) is 0 Å². The van der Waals surface area contributed by atoms with Crippen molar-refractivity contribution in [2.75, 3.05) is 13.1 Å². The van der Waals surface area contributed by atoms with Crippen LogP contribution in [0.25, 0.3) is 0 Å². The third-order valence-corrected chi connectivity index (χ3v) is 5.97. The van der Waals surface area contributed by atoms with Crippen molar-refractivity contribution < 1.29 is 27.1 Å². The van der Waals surface area contributed by atoms with Crippen molar-refractivity contribution in [3.63, 3.8) is 0 Å². The van der Waals surface area contributed by atoms with E-state index >= 15 is 0 Å².